The number of amides is 3. The summed E-state index contributed by atoms with van der Waals surface area (Å²) in [5.74, 6) is 1.16. The molecule has 3 aromatic carbocycles. The number of anilines is 1. The second-order valence-electron chi connectivity index (χ2n) is 8.58. The van der Waals surface area contributed by atoms with Gasteiger partial charge in [0, 0.05) is 13.1 Å². The van der Waals surface area contributed by atoms with Gasteiger partial charge in [-0.3, -0.25) is 9.69 Å². The Kier molecular flexibility index (Phi) is 6.09. The Balaban J connectivity index is 1.21. The zero-order valence-electron chi connectivity index (χ0n) is 18.5. The summed E-state index contributed by atoms with van der Waals surface area (Å²) in [7, 11) is 0. The number of hydrogen-bond acceptors (Lipinski definition) is 4. The third-order valence-electron chi connectivity index (χ3n) is 6.11. The molecule has 0 radical (unpaired) electrons. The Morgan fingerprint density at radius 2 is 1.30 bits per heavy atom. The molecule has 0 atom stereocenters. The second kappa shape index (κ2) is 9.46. The molecule has 3 amide bonds. The van der Waals surface area contributed by atoms with Crippen LogP contribution < -0.4 is 9.64 Å². The van der Waals surface area contributed by atoms with Crippen molar-refractivity contribution in [3.05, 3.63) is 90.0 Å². The molecule has 0 bridgehead atoms. The topological polar surface area (TPSA) is 53.1 Å². The lowest BCUT2D eigenvalue weighted by Crippen LogP contribution is -2.32. The van der Waals surface area contributed by atoms with Crippen molar-refractivity contribution in [1.82, 2.24) is 9.80 Å². The number of hydrogen-bond donors (Lipinski definition) is 0. The van der Waals surface area contributed by atoms with Gasteiger partial charge >= 0.3 is 6.03 Å². The van der Waals surface area contributed by atoms with Gasteiger partial charge in [0.15, 0.2) is 0 Å². The van der Waals surface area contributed by atoms with Gasteiger partial charge in [0.2, 0.25) is 0 Å². The Morgan fingerprint density at radius 3 is 1.97 bits per heavy atom. The molecule has 6 nitrogen and oxygen atoms in total. The maximum Gasteiger partial charge on any atom is 0.332 e. The van der Waals surface area contributed by atoms with Crippen LogP contribution in [0.5, 0.6) is 11.5 Å². The average molecular weight is 442 g/mol. The van der Waals surface area contributed by atoms with E-state index in [1.165, 1.54) is 36.4 Å². The zero-order valence-corrected chi connectivity index (χ0v) is 18.5. The van der Waals surface area contributed by atoms with Gasteiger partial charge < -0.3 is 9.64 Å². The number of rotatable bonds is 7. The number of carbonyl (C=O) groups excluding carboxylic acids is 2. The molecule has 2 aliphatic rings. The second-order valence-corrected chi connectivity index (χ2v) is 8.58. The van der Waals surface area contributed by atoms with Crippen LogP contribution in [0.25, 0.3) is 0 Å². The number of ether oxygens (including phenoxy) is 1. The van der Waals surface area contributed by atoms with Gasteiger partial charge in [0.05, 0.1) is 5.69 Å². The first kappa shape index (κ1) is 21.2. The summed E-state index contributed by atoms with van der Waals surface area (Å²) in [6.45, 7) is 3.80. The zero-order chi connectivity index (χ0) is 22.6. The molecular weight excluding hydrogens is 414 g/mol. The molecule has 2 fully saturated rings. The number of nitrogens with zero attached hydrogens (tertiary/aromatic N) is 3. The van der Waals surface area contributed by atoms with Crippen molar-refractivity contribution < 1.29 is 14.3 Å². The molecule has 6 heteroatoms. The summed E-state index contributed by atoms with van der Waals surface area (Å²) in [6, 6.07) is 24.6. The van der Waals surface area contributed by atoms with E-state index in [9.17, 15) is 9.59 Å². The highest BCUT2D eigenvalue weighted by atomic mass is 16.5. The lowest BCUT2D eigenvalue weighted by atomic mass is 10.1. The maximum absolute atomic E-state index is 13.0. The minimum absolute atomic E-state index is 0.0800. The predicted octanol–water partition coefficient (Wildman–Crippen LogP) is 5.04. The fourth-order valence-corrected chi connectivity index (χ4v) is 4.38. The molecule has 0 aliphatic carbocycles. The molecule has 2 aliphatic heterocycles. The minimum atomic E-state index is -0.294. The van der Waals surface area contributed by atoms with E-state index >= 15 is 0 Å². The van der Waals surface area contributed by atoms with Crippen molar-refractivity contribution in [1.29, 1.82) is 0 Å². The Labute approximate surface area is 194 Å². The van der Waals surface area contributed by atoms with Crippen LogP contribution in [0.15, 0.2) is 78.9 Å². The number of imide groups is 1. The lowest BCUT2D eigenvalue weighted by molar-refractivity contribution is -0.116. The van der Waals surface area contributed by atoms with Gasteiger partial charge in [-0.05, 0) is 73.5 Å². The first-order valence-corrected chi connectivity index (χ1v) is 11.4. The van der Waals surface area contributed by atoms with Gasteiger partial charge in [-0.15, -0.1) is 0 Å². The summed E-state index contributed by atoms with van der Waals surface area (Å²) in [6.07, 6.45) is 2.56. The number of para-hydroxylation sites is 1. The monoisotopic (exact) mass is 441 g/mol. The highest BCUT2D eigenvalue weighted by molar-refractivity contribution is 6.19. The first-order valence-electron chi connectivity index (χ1n) is 11.4. The van der Waals surface area contributed by atoms with E-state index in [-0.39, 0.29) is 18.5 Å². The molecule has 33 heavy (non-hydrogen) atoms. The van der Waals surface area contributed by atoms with Crippen LogP contribution in [0, 0.1) is 0 Å². The van der Waals surface area contributed by atoms with Crippen molar-refractivity contribution in [2.45, 2.75) is 25.9 Å². The summed E-state index contributed by atoms with van der Waals surface area (Å²) in [5, 5.41) is 0. The van der Waals surface area contributed by atoms with Gasteiger partial charge in [-0.25, -0.2) is 9.69 Å². The molecule has 2 heterocycles. The number of benzene rings is 3. The highest BCUT2D eigenvalue weighted by Crippen LogP contribution is 2.27. The van der Waals surface area contributed by atoms with Crippen molar-refractivity contribution in [3.63, 3.8) is 0 Å². The smallest absolute Gasteiger partial charge is 0.332 e. The molecule has 0 unspecified atom stereocenters. The van der Waals surface area contributed by atoms with E-state index in [2.05, 4.69) is 29.2 Å². The molecule has 5 rings (SSSR count). The third-order valence-corrected chi connectivity index (χ3v) is 6.11. The van der Waals surface area contributed by atoms with Gasteiger partial charge in [0.1, 0.15) is 18.0 Å². The van der Waals surface area contributed by atoms with Crippen molar-refractivity contribution in [2.24, 2.45) is 0 Å². The fourth-order valence-electron chi connectivity index (χ4n) is 4.38. The van der Waals surface area contributed by atoms with Crippen LogP contribution in [-0.2, 0) is 17.9 Å². The predicted molar refractivity (Wildman–Crippen MR) is 127 cm³/mol. The number of likely N-dealkylation sites (tertiary alicyclic amines) is 1. The molecule has 0 saturated carbocycles. The van der Waals surface area contributed by atoms with E-state index in [0.29, 0.717) is 18.0 Å². The quantitative estimate of drug-likeness (QED) is 0.482. The molecule has 0 spiro atoms. The van der Waals surface area contributed by atoms with E-state index in [0.717, 1.165) is 17.9 Å². The van der Waals surface area contributed by atoms with Gasteiger partial charge in [-0.1, -0.05) is 42.5 Å². The van der Waals surface area contributed by atoms with E-state index < -0.39 is 0 Å². The molecule has 3 aromatic rings. The standard InChI is InChI=1S/C27H27N3O3/c31-26-20-29(19-22-10-8-21(9-11-22)18-28-16-4-5-17-28)27(32)30(26)23-12-14-25(15-13-23)33-24-6-2-1-3-7-24/h1-3,6-15H,4-5,16-20H2. The minimum Gasteiger partial charge on any atom is -0.457 e. The molecular formula is C27H27N3O3. The first-order chi connectivity index (χ1) is 16.2. The van der Waals surface area contributed by atoms with Crippen LogP contribution >= 0.6 is 0 Å². The van der Waals surface area contributed by atoms with E-state index in [4.69, 9.17) is 4.74 Å². The highest BCUT2D eigenvalue weighted by Gasteiger charge is 2.37. The Bertz CT molecular complexity index is 1110. The summed E-state index contributed by atoms with van der Waals surface area (Å²) in [4.78, 5) is 30.9. The van der Waals surface area contributed by atoms with E-state index in [1.54, 1.807) is 29.2 Å². The third kappa shape index (κ3) is 4.91. The normalized spacial score (nSPS) is 16.6. The van der Waals surface area contributed by atoms with Crippen LogP contribution in [-0.4, -0.2) is 41.4 Å². The summed E-state index contributed by atoms with van der Waals surface area (Å²) >= 11 is 0. The van der Waals surface area contributed by atoms with Crippen molar-refractivity contribution in [2.75, 3.05) is 24.5 Å². The van der Waals surface area contributed by atoms with Gasteiger partial charge in [0.25, 0.3) is 5.91 Å². The van der Waals surface area contributed by atoms with E-state index in [1.807, 2.05) is 30.3 Å². The Morgan fingerprint density at radius 1 is 0.697 bits per heavy atom. The summed E-state index contributed by atoms with van der Waals surface area (Å²) in [5.41, 5.74) is 2.85. The van der Waals surface area contributed by atoms with Crippen LogP contribution in [0.2, 0.25) is 0 Å². The van der Waals surface area contributed by atoms with Crippen LogP contribution in [0.4, 0.5) is 10.5 Å². The maximum atomic E-state index is 13.0. The van der Waals surface area contributed by atoms with Crippen LogP contribution in [0.3, 0.4) is 0 Å². The molecule has 0 N–H and O–H groups in total. The SMILES string of the molecule is O=C1CN(Cc2ccc(CN3CCCC3)cc2)C(=O)N1c1ccc(Oc2ccccc2)cc1. The summed E-state index contributed by atoms with van der Waals surface area (Å²) < 4.78 is 5.80. The average Bonchev–Trinajstić information content (AvgIpc) is 3.44. The molecule has 168 valence electrons. The van der Waals surface area contributed by atoms with Gasteiger partial charge in [-0.2, -0.15) is 0 Å². The van der Waals surface area contributed by atoms with Crippen molar-refractivity contribution in [3.8, 4) is 11.5 Å². The van der Waals surface area contributed by atoms with Crippen molar-refractivity contribution >= 4 is 17.6 Å². The Hall–Kier alpha value is -3.64. The number of urea groups is 1. The molecule has 2 saturated heterocycles. The van der Waals surface area contributed by atoms with Crippen LogP contribution in [0.1, 0.15) is 24.0 Å². The molecule has 0 aromatic heterocycles. The lowest BCUT2D eigenvalue weighted by Gasteiger charge is -2.18. The number of carbonyl (C=O) groups is 2. The largest absolute Gasteiger partial charge is 0.457 e. The fraction of sp³-hybridized carbons (Fsp3) is 0.259.